The van der Waals surface area contributed by atoms with Gasteiger partial charge in [-0.15, -0.1) is 0 Å². The lowest BCUT2D eigenvalue weighted by Gasteiger charge is -2.23. The summed E-state index contributed by atoms with van der Waals surface area (Å²) < 4.78 is 10.9. The Morgan fingerprint density at radius 2 is 2.29 bits per heavy atom. The smallest absolute Gasteiger partial charge is 0.335 e. The number of ether oxygens (including phenoxy) is 2. The van der Waals surface area contributed by atoms with Crippen LogP contribution in [0.25, 0.3) is 10.9 Å². The molecular weight excluding hydrogens is 274 g/mol. The number of rotatable bonds is 4. The van der Waals surface area contributed by atoms with Crippen molar-refractivity contribution in [1.82, 2.24) is 9.97 Å². The zero-order valence-corrected chi connectivity index (χ0v) is 11.3. The molecular formula is C14H15N3O4. The minimum Gasteiger partial charge on any atom is -0.478 e. The van der Waals surface area contributed by atoms with Crippen molar-refractivity contribution >= 4 is 22.7 Å². The summed E-state index contributed by atoms with van der Waals surface area (Å²) >= 11 is 0. The van der Waals surface area contributed by atoms with Crippen LogP contribution in [-0.4, -0.2) is 53.5 Å². The first-order valence-electron chi connectivity index (χ1n) is 6.65. The fraction of sp³-hybridized carbons (Fsp3) is 0.357. The molecule has 1 aliphatic rings. The van der Waals surface area contributed by atoms with Gasteiger partial charge in [-0.1, -0.05) is 0 Å². The Kier molecular flexibility index (Phi) is 3.94. The van der Waals surface area contributed by atoms with Gasteiger partial charge in [-0.05, 0) is 18.2 Å². The van der Waals surface area contributed by atoms with Crippen LogP contribution in [0, 0.1) is 0 Å². The normalized spacial score (nSPS) is 18.6. The molecule has 0 bridgehead atoms. The quantitative estimate of drug-likeness (QED) is 0.872. The topological polar surface area (TPSA) is 93.6 Å². The Balaban J connectivity index is 1.80. The molecule has 1 aromatic carbocycles. The van der Waals surface area contributed by atoms with Gasteiger partial charge in [-0.3, -0.25) is 0 Å². The van der Waals surface area contributed by atoms with Gasteiger partial charge in [0.25, 0.3) is 0 Å². The first-order chi connectivity index (χ1) is 10.2. The van der Waals surface area contributed by atoms with Crippen LogP contribution in [0.3, 0.4) is 0 Å². The highest BCUT2D eigenvalue weighted by atomic mass is 16.6. The van der Waals surface area contributed by atoms with Crippen molar-refractivity contribution in [2.24, 2.45) is 0 Å². The summed E-state index contributed by atoms with van der Waals surface area (Å²) in [6, 6.07) is 4.78. The lowest BCUT2D eigenvalue weighted by molar-refractivity contribution is -0.0819. The van der Waals surface area contributed by atoms with Gasteiger partial charge in [0.15, 0.2) is 0 Å². The Morgan fingerprint density at radius 3 is 3.05 bits per heavy atom. The number of aromatic nitrogens is 2. The van der Waals surface area contributed by atoms with Crippen LogP contribution in [0.1, 0.15) is 10.4 Å². The molecule has 1 saturated heterocycles. The molecule has 2 heterocycles. The number of aromatic carboxylic acids is 1. The molecule has 1 aromatic heterocycles. The molecule has 7 heteroatoms. The van der Waals surface area contributed by atoms with E-state index in [1.807, 2.05) is 0 Å². The molecule has 0 radical (unpaired) electrons. The van der Waals surface area contributed by atoms with Gasteiger partial charge >= 0.3 is 5.97 Å². The number of nitrogens with zero attached hydrogens (tertiary/aromatic N) is 2. The molecule has 1 unspecified atom stereocenters. The number of benzene rings is 1. The Labute approximate surface area is 120 Å². The second-order valence-electron chi connectivity index (χ2n) is 4.71. The average Bonchev–Trinajstić information content (AvgIpc) is 2.53. The first-order valence-corrected chi connectivity index (χ1v) is 6.65. The Bertz CT molecular complexity index is 656. The molecule has 2 aromatic rings. The Morgan fingerprint density at radius 1 is 1.38 bits per heavy atom. The number of nitrogens with one attached hydrogen (secondary N) is 1. The average molecular weight is 289 g/mol. The van der Waals surface area contributed by atoms with Gasteiger partial charge < -0.3 is 19.9 Å². The lowest BCUT2D eigenvalue weighted by Crippen LogP contribution is -2.34. The fourth-order valence-electron chi connectivity index (χ4n) is 2.20. The van der Waals surface area contributed by atoms with E-state index in [9.17, 15) is 4.79 Å². The lowest BCUT2D eigenvalue weighted by atomic mass is 10.1. The maximum atomic E-state index is 11.0. The second kappa shape index (κ2) is 6.02. The van der Waals surface area contributed by atoms with Crippen molar-refractivity contribution in [2.75, 3.05) is 31.7 Å². The number of fused-ring (bicyclic) bond motifs is 1. The molecule has 1 atom stereocenters. The van der Waals surface area contributed by atoms with Crippen molar-refractivity contribution in [2.45, 2.75) is 6.10 Å². The van der Waals surface area contributed by atoms with Crippen LogP contribution in [-0.2, 0) is 9.47 Å². The number of carboxylic acids is 1. The van der Waals surface area contributed by atoms with Crippen molar-refractivity contribution in [1.29, 1.82) is 0 Å². The summed E-state index contributed by atoms with van der Waals surface area (Å²) in [5.74, 6) is -0.316. The second-order valence-corrected chi connectivity index (χ2v) is 4.71. The number of hydrogen-bond donors (Lipinski definition) is 2. The summed E-state index contributed by atoms with van der Waals surface area (Å²) in [5, 5.41) is 13.0. The maximum absolute atomic E-state index is 11.0. The van der Waals surface area contributed by atoms with E-state index in [2.05, 4.69) is 15.3 Å². The summed E-state index contributed by atoms with van der Waals surface area (Å²) in [7, 11) is 0. The molecule has 0 amide bonds. The SMILES string of the molecule is O=C(O)c1ccc2c(NCC3COCCO3)ncnc2c1. The molecule has 0 spiro atoms. The van der Waals surface area contributed by atoms with E-state index in [4.69, 9.17) is 14.6 Å². The minimum atomic E-state index is -0.974. The first kappa shape index (κ1) is 13.7. The van der Waals surface area contributed by atoms with E-state index in [0.717, 1.165) is 5.39 Å². The predicted molar refractivity (Wildman–Crippen MR) is 75.5 cm³/mol. The van der Waals surface area contributed by atoms with Gasteiger partial charge in [0, 0.05) is 11.9 Å². The fourth-order valence-corrected chi connectivity index (χ4v) is 2.20. The van der Waals surface area contributed by atoms with Crippen LogP contribution in [0.4, 0.5) is 5.82 Å². The van der Waals surface area contributed by atoms with Gasteiger partial charge in [0.2, 0.25) is 0 Å². The van der Waals surface area contributed by atoms with E-state index in [1.165, 1.54) is 12.4 Å². The largest absolute Gasteiger partial charge is 0.478 e. The highest BCUT2D eigenvalue weighted by molar-refractivity contribution is 5.96. The van der Waals surface area contributed by atoms with Gasteiger partial charge in [0.1, 0.15) is 12.1 Å². The van der Waals surface area contributed by atoms with Crippen LogP contribution in [0.2, 0.25) is 0 Å². The molecule has 7 nitrogen and oxygen atoms in total. The monoisotopic (exact) mass is 289 g/mol. The summed E-state index contributed by atoms with van der Waals surface area (Å²) in [6.07, 6.45) is 1.40. The minimum absolute atomic E-state index is 0.0120. The summed E-state index contributed by atoms with van der Waals surface area (Å²) in [5.41, 5.74) is 0.796. The summed E-state index contributed by atoms with van der Waals surface area (Å²) in [4.78, 5) is 19.3. The van der Waals surface area contributed by atoms with Gasteiger partial charge in [0.05, 0.1) is 37.0 Å². The van der Waals surface area contributed by atoms with E-state index in [1.54, 1.807) is 12.1 Å². The van der Waals surface area contributed by atoms with Crippen LogP contribution in [0.15, 0.2) is 24.5 Å². The van der Waals surface area contributed by atoms with Gasteiger partial charge in [-0.25, -0.2) is 14.8 Å². The van der Waals surface area contributed by atoms with Crippen molar-refractivity contribution in [3.63, 3.8) is 0 Å². The van der Waals surface area contributed by atoms with Gasteiger partial charge in [-0.2, -0.15) is 0 Å². The predicted octanol–water partition coefficient (Wildman–Crippen LogP) is 1.16. The number of carboxylic acid groups (broad SMARTS) is 1. The summed E-state index contributed by atoms with van der Waals surface area (Å²) in [6.45, 7) is 2.36. The maximum Gasteiger partial charge on any atom is 0.335 e. The highest BCUT2D eigenvalue weighted by Gasteiger charge is 2.15. The van der Waals surface area contributed by atoms with E-state index in [-0.39, 0.29) is 11.7 Å². The Hall–Kier alpha value is -2.25. The molecule has 1 aliphatic heterocycles. The molecule has 21 heavy (non-hydrogen) atoms. The molecule has 3 rings (SSSR count). The third-order valence-corrected chi connectivity index (χ3v) is 3.27. The van der Waals surface area contributed by atoms with Crippen LogP contribution in [0.5, 0.6) is 0 Å². The van der Waals surface area contributed by atoms with Crippen molar-refractivity contribution < 1.29 is 19.4 Å². The highest BCUT2D eigenvalue weighted by Crippen LogP contribution is 2.20. The van der Waals surface area contributed by atoms with Crippen LogP contribution < -0.4 is 5.32 Å². The molecule has 1 fully saturated rings. The molecule has 110 valence electrons. The zero-order valence-electron chi connectivity index (χ0n) is 11.3. The third-order valence-electron chi connectivity index (χ3n) is 3.27. The standard InChI is InChI=1S/C14H15N3O4/c18-14(19)9-1-2-11-12(5-9)16-8-17-13(11)15-6-10-7-20-3-4-21-10/h1-2,5,8,10H,3-4,6-7H2,(H,18,19)(H,15,16,17). The number of hydrogen-bond acceptors (Lipinski definition) is 6. The molecule has 0 aliphatic carbocycles. The van der Waals surface area contributed by atoms with E-state index in [0.29, 0.717) is 37.7 Å². The number of anilines is 1. The van der Waals surface area contributed by atoms with E-state index < -0.39 is 5.97 Å². The zero-order chi connectivity index (χ0) is 14.7. The van der Waals surface area contributed by atoms with Crippen molar-refractivity contribution in [3.8, 4) is 0 Å². The molecule has 0 saturated carbocycles. The molecule has 2 N–H and O–H groups in total. The van der Waals surface area contributed by atoms with E-state index >= 15 is 0 Å². The number of carbonyl (C=O) groups is 1. The van der Waals surface area contributed by atoms with Crippen molar-refractivity contribution in [3.05, 3.63) is 30.1 Å². The third kappa shape index (κ3) is 3.09. The van der Waals surface area contributed by atoms with Crippen LogP contribution >= 0.6 is 0 Å².